The topological polar surface area (TPSA) is 108 Å². The summed E-state index contributed by atoms with van der Waals surface area (Å²) < 4.78 is 58.0. The fraction of sp³-hybridized carbons (Fsp3) is 0.286. The van der Waals surface area contributed by atoms with E-state index >= 15 is 0 Å². The Morgan fingerprint density at radius 3 is 2.28 bits per heavy atom. The van der Waals surface area contributed by atoms with Gasteiger partial charge >= 0.3 is 18.1 Å². The fourth-order valence-corrected chi connectivity index (χ4v) is 6.36. The maximum absolute atomic E-state index is 14.9. The van der Waals surface area contributed by atoms with E-state index in [1.165, 1.54) is 24.1 Å². The largest absolute Gasteiger partial charge is 0.497 e. The molecule has 3 atom stereocenters. The number of esters is 2. The van der Waals surface area contributed by atoms with Gasteiger partial charge in [-0.05, 0) is 73.9 Å². The quantitative estimate of drug-likeness (QED) is 0.204. The summed E-state index contributed by atoms with van der Waals surface area (Å²) in [6.45, 7) is 3.16. The van der Waals surface area contributed by atoms with Gasteiger partial charge in [0.1, 0.15) is 17.5 Å². The lowest BCUT2D eigenvalue weighted by atomic mass is 9.67. The van der Waals surface area contributed by atoms with Crippen molar-refractivity contribution in [2.75, 3.05) is 25.2 Å². The van der Waals surface area contributed by atoms with Crippen molar-refractivity contribution in [3.05, 3.63) is 117 Å². The van der Waals surface area contributed by atoms with Gasteiger partial charge in [0.25, 0.3) is 0 Å². The number of hydrogen-bond acceptors (Lipinski definition) is 8. The maximum atomic E-state index is 14.9. The normalized spacial score (nSPS) is 19.8. The maximum Gasteiger partial charge on any atom is 0.416 e. The molecule has 12 heteroatoms. The molecule has 0 fully saturated rings. The van der Waals surface area contributed by atoms with Crippen LogP contribution < -0.4 is 15.4 Å². The molecule has 8 nitrogen and oxygen atoms in total. The number of nitrogens with zero attached hydrogens (tertiary/aromatic N) is 1. The van der Waals surface area contributed by atoms with Gasteiger partial charge < -0.3 is 19.9 Å². The highest BCUT2D eigenvalue weighted by molar-refractivity contribution is 6.30. The van der Waals surface area contributed by atoms with Crippen LogP contribution in [0.2, 0.25) is 5.02 Å². The van der Waals surface area contributed by atoms with E-state index in [-0.39, 0.29) is 48.0 Å². The minimum atomic E-state index is -4.70. The van der Waals surface area contributed by atoms with Crippen molar-refractivity contribution in [1.82, 2.24) is 0 Å². The number of carbonyl (C=O) groups excluding carboxylic acids is 3. The molecule has 0 amide bonds. The minimum Gasteiger partial charge on any atom is -0.497 e. The molecule has 0 spiro atoms. The van der Waals surface area contributed by atoms with Crippen LogP contribution in [0.3, 0.4) is 0 Å². The third-order valence-electron chi connectivity index (χ3n) is 8.23. The Labute approximate surface area is 274 Å². The first-order chi connectivity index (χ1) is 22.4. The van der Waals surface area contributed by atoms with Gasteiger partial charge in [-0.3, -0.25) is 14.5 Å². The molecule has 2 N–H and O–H groups in total. The Hall–Kier alpha value is -4.77. The first-order valence-electron chi connectivity index (χ1n) is 14.9. The summed E-state index contributed by atoms with van der Waals surface area (Å²) in [5, 5.41) is 0.386. The van der Waals surface area contributed by atoms with Crippen LogP contribution in [0.25, 0.3) is 0 Å². The minimum absolute atomic E-state index is 0.00273. The molecule has 0 saturated carbocycles. The molecule has 47 heavy (non-hydrogen) atoms. The van der Waals surface area contributed by atoms with Crippen molar-refractivity contribution < 1.29 is 41.8 Å². The first-order valence-corrected chi connectivity index (χ1v) is 15.3. The number of ether oxygens (including phenoxy) is 3. The number of ketones is 1. The van der Waals surface area contributed by atoms with Crippen molar-refractivity contribution in [2.24, 2.45) is 11.7 Å². The van der Waals surface area contributed by atoms with Gasteiger partial charge in [0.05, 0.1) is 37.4 Å². The summed E-state index contributed by atoms with van der Waals surface area (Å²) in [5.41, 5.74) is 6.85. The van der Waals surface area contributed by atoms with E-state index in [0.29, 0.717) is 21.9 Å². The van der Waals surface area contributed by atoms with E-state index in [4.69, 9.17) is 31.5 Å². The highest BCUT2D eigenvalue weighted by atomic mass is 35.5. The zero-order chi connectivity index (χ0) is 34.0. The predicted octanol–water partition coefficient (Wildman–Crippen LogP) is 6.89. The highest BCUT2D eigenvalue weighted by Crippen LogP contribution is 2.52. The lowest BCUT2D eigenvalue weighted by Crippen LogP contribution is -2.46. The summed E-state index contributed by atoms with van der Waals surface area (Å²) in [6.07, 6.45) is -4.73. The molecule has 1 aliphatic carbocycles. The number of alkyl halides is 3. The van der Waals surface area contributed by atoms with Crippen molar-refractivity contribution in [1.29, 1.82) is 0 Å². The molecular formula is C35H32ClF3N2O6. The smallest absolute Gasteiger partial charge is 0.416 e. The summed E-state index contributed by atoms with van der Waals surface area (Å²) in [6, 6.07) is 17.6. The summed E-state index contributed by atoms with van der Waals surface area (Å²) >= 11 is 6.18. The van der Waals surface area contributed by atoms with Crippen LogP contribution in [0.15, 0.2) is 95.5 Å². The fourth-order valence-electron chi connectivity index (χ4n) is 6.23. The number of Topliss-reactive ketones (excluding diaryl/α,β-unsaturated/α-hetero) is 1. The van der Waals surface area contributed by atoms with E-state index in [1.807, 2.05) is 0 Å². The molecule has 246 valence electrons. The van der Waals surface area contributed by atoms with Gasteiger partial charge in [0.2, 0.25) is 0 Å². The number of methoxy groups -OCH3 is 1. The lowest BCUT2D eigenvalue weighted by molar-refractivity contribution is -0.152. The zero-order valence-corrected chi connectivity index (χ0v) is 26.5. The van der Waals surface area contributed by atoms with Crippen LogP contribution in [0, 0.1) is 5.92 Å². The molecule has 3 aromatic carbocycles. The van der Waals surface area contributed by atoms with Crippen LogP contribution in [-0.2, 0) is 30.0 Å². The van der Waals surface area contributed by atoms with E-state index < -0.39 is 47.2 Å². The highest BCUT2D eigenvalue weighted by Gasteiger charge is 2.51. The molecule has 2 aliphatic rings. The Balaban J connectivity index is 1.84. The number of carbonyl (C=O) groups is 3. The third kappa shape index (κ3) is 6.44. The number of hydrogen-bond donors (Lipinski definition) is 1. The van der Waals surface area contributed by atoms with Crippen molar-refractivity contribution in [3.8, 4) is 5.75 Å². The Kier molecular flexibility index (Phi) is 9.67. The van der Waals surface area contributed by atoms with Gasteiger partial charge in [0.15, 0.2) is 5.78 Å². The number of anilines is 1. The molecule has 0 radical (unpaired) electrons. The molecule has 1 aliphatic heterocycles. The lowest BCUT2D eigenvalue weighted by Gasteiger charge is -2.44. The van der Waals surface area contributed by atoms with Crippen molar-refractivity contribution in [3.63, 3.8) is 0 Å². The SMILES string of the molecule is CCOC(=O)C1=C(N)N(c2cccc(C(F)(F)F)c2)C2=C(C(=O)[C@@H](C(=O)OCC)[C@@H](c3cccc(OC)c3)C2)[C@@H]1c1ccc(Cl)cc1. The van der Waals surface area contributed by atoms with Gasteiger partial charge in [-0.25, -0.2) is 4.79 Å². The van der Waals surface area contributed by atoms with Crippen LogP contribution >= 0.6 is 11.6 Å². The number of nitrogens with two attached hydrogens (primary N) is 1. The summed E-state index contributed by atoms with van der Waals surface area (Å²) in [7, 11) is 1.48. The van der Waals surface area contributed by atoms with Crippen LogP contribution in [0.5, 0.6) is 5.75 Å². The van der Waals surface area contributed by atoms with Crippen LogP contribution in [-0.4, -0.2) is 38.0 Å². The van der Waals surface area contributed by atoms with Crippen molar-refractivity contribution >= 4 is 35.0 Å². The Morgan fingerprint density at radius 1 is 0.957 bits per heavy atom. The second kappa shape index (κ2) is 13.5. The molecule has 0 bridgehead atoms. The molecule has 1 heterocycles. The summed E-state index contributed by atoms with van der Waals surface area (Å²) in [5.74, 6) is -5.38. The third-order valence-corrected chi connectivity index (χ3v) is 8.48. The number of allylic oxidation sites excluding steroid dienone is 2. The van der Waals surface area contributed by atoms with Gasteiger partial charge in [-0.2, -0.15) is 13.2 Å². The van der Waals surface area contributed by atoms with E-state index in [1.54, 1.807) is 62.4 Å². The monoisotopic (exact) mass is 668 g/mol. The Bertz CT molecular complexity index is 1770. The molecule has 0 saturated heterocycles. The predicted molar refractivity (Wildman–Crippen MR) is 168 cm³/mol. The number of benzene rings is 3. The molecule has 5 rings (SSSR count). The van der Waals surface area contributed by atoms with E-state index in [9.17, 15) is 27.6 Å². The Morgan fingerprint density at radius 2 is 1.64 bits per heavy atom. The van der Waals surface area contributed by atoms with E-state index in [0.717, 1.165) is 12.1 Å². The number of halogens is 4. The standard InChI is InChI=1S/C35H32ClF3N2O6/c1-4-46-33(43)28-25(20-8-6-11-24(16-20)45-3)18-26-29(31(28)42)27(19-12-14-22(36)15-13-19)30(34(44)47-5-2)32(40)41(26)23-10-7-9-21(17-23)35(37,38)39/h6-17,25,27-28H,4-5,18,40H2,1-3H3/t25-,27+,28+/m1/s1. The summed E-state index contributed by atoms with van der Waals surface area (Å²) in [4.78, 5) is 43.5. The average Bonchev–Trinajstić information content (AvgIpc) is 3.04. The molecule has 3 aromatic rings. The molecule has 0 aromatic heterocycles. The van der Waals surface area contributed by atoms with Gasteiger partial charge in [-0.1, -0.05) is 41.9 Å². The second-order valence-electron chi connectivity index (χ2n) is 10.9. The second-order valence-corrected chi connectivity index (χ2v) is 11.4. The van der Waals surface area contributed by atoms with Crippen molar-refractivity contribution in [2.45, 2.75) is 38.3 Å². The first kappa shape index (κ1) is 33.6. The van der Waals surface area contributed by atoms with Crippen LogP contribution in [0.1, 0.15) is 48.8 Å². The average molecular weight is 669 g/mol. The van der Waals surface area contributed by atoms with Gasteiger partial charge in [0, 0.05) is 27.9 Å². The zero-order valence-electron chi connectivity index (χ0n) is 25.8. The van der Waals surface area contributed by atoms with E-state index in [2.05, 4.69) is 0 Å². The number of rotatable bonds is 8. The van der Waals surface area contributed by atoms with Crippen LogP contribution in [0.4, 0.5) is 18.9 Å². The van der Waals surface area contributed by atoms with Gasteiger partial charge in [-0.15, -0.1) is 0 Å². The molecular weight excluding hydrogens is 637 g/mol. The molecule has 0 unspecified atom stereocenters.